The summed E-state index contributed by atoms with van der Waals surface area (Å²) in [7, 11) is 0. The van der Waals surface area contributed by atoms with Gasteiger partial charge in [-0.25, -0.2) is 4.39 Å². The molecule has 0 spiro atoms. The Kier molecular flexibility index (Phi) is 6.56. The van der Waals surface area contributed by atoms with E-state index in [-0.39, 0.29) is 10.8 Å². The Morgan fingerprint density at radius 1 is 0.966 bits per heavy atom. The maximum atomic E-state index is 13.3. The largest absolute Gasteiger partial charge is 0.369 e. The molecule has 156 valence electrons. The smallest absolute Gasteiger partial charge is 0.164 e. The number of carbonyl (C=O) groups excluding carboxylic acids is 1. The van der Waals surface area contributed by atoms with Gasteiger partial charge in [0.1, 0.15) is 5.82 Å². The summed E-state index contributed by atoms with van der Waals surface area (Å²) in [5.41, 5.74) is 3.21. The summed E-state index contributed by atoms with van der Waals surface area (Å²) in [5.74, 6) is -0.0480. The summed E-state index contributed by atoms with van der Waals surface area (Å²) in [6.45, 7) is 6.10. The van der Waals surface area contributed by atoms with Gasteiger partial charge in [0.2, 0.25) is 0 Å². The van der Waals surface area contributed by atoms with Gasteiger partial charge in [0, 0.05) is 62.3 Å². The number of aromatic nitrogens is 1. The molecule has 2 heterocycles. The molecule has 2 aliphatic rings. The van der Waals surface area contributed by atoms with Crippen LogP contribution in [0.3, 0.4) is 0 Å². The molecule has 2 aromatic rings. The second kappa shape index (κ2) is 9.31. The maximum absolute atomic E-state index is 13.3. The van der Waals surface area contributed by atoms with Crippen molar-refractivity contribution in [1.82, 2.24) is 9.47 Å². The molecule has 1 aromatic heterocycles. The second-order valence-corrected chi connectivity index (χ2v) is 8.54. The number of halogens is 2. The van der Waals surface area contributed by atoms with Gasteiger partial charge < -0.3 is 9.47 Å². The molecule has 1 fully saturated rings. The number of carbonyl (C=O) groups is 1. The van der Waals surface area contributed by atoms with Crippen molar-refractivity contribution in [3.63, 3.8) is 0 Å². The SMILES string of the molecule is O=C1CCCc2c1ccn2CCCCCN1CCN(c2ccc(F)c(Cl)c2)CC1. The maximum Gasteiger partial charge on any atom is 0.164 e. The molecule has 4 nitrogen and oxygen atoms in total. The lowest BCUT2D eigenvalue weighted by Gasteiger charge is -2.36. The number of aryl methyl sites for hydroxylation is 1. The number of anilines is 1. The average Bonchev–Trinajstić information content (AvgIpc) is 3.15. The highest BCUT2D eigenvalue weighted by molar-refractivity contribution is 6.31. The number of hydrogen-bond acceptors (Lipinski definition) is 3. The standard InChI is InChI=1S/C23H29ClFN3O/c24-20-17-18(7-8-21(20)25)27-15-13-26(14-16-27)10-2-1-3-11-28-12-9-19-22(28)5-4-6-23(19)29/h7-9,12,17H,1-6,10-11,13-16H2. The fraction of sp³-hybridized carbons (Fsp3) is 0.522. The second-order valence-electron chi connectivity index (χ2n) is 8.13. The number of ketones is 1. The zero-order chi connectivity index (χ0) is 20.2. The molecule has 0 bridgehead atoms. The molecule has 0 amide bonds. The summed E-state index contributed by atoms with van der Waals surface area (Å²) in [6, 6.07) is 6.98. The summed E-state index contributed by atoms with van der Waals surface area (Å²) >= 11 is 5.91. The highest BCUT2D eigenvalue weighted by Crippen LogP contribution is 2.24. The van der Waals surface area contributed by atoms with Gasteiger partial charge in [-0.2, -0.15) is 0 Å². The first kappa shape index (κ1) is 20.4. The van der Waals surface area contributed by atoms with Crippen molar-refractivity contribution in [2.45, 2.75) is 45.1 Å². The van der Waals surface area contributed by atoms with Crippen LogP contribution >= 0.6 is 11.6 Å². The molecule has 1 aliphatic heterocycles. The van der Waals surface area contributed by atoms with Crippen LogP contribution in [0.5, 0.6) is 0 Å². The van der Waals surface area contributed by atoms with Gasteiger partial charge in [-0.3, -0.25) is 9.69 Å². The van der Waals surface area contributed by atoms with E-state index in [1.165, 1.54) is 24.6 Å². The molecule has 0 atom stereocenters. The van der Waals surface area contributed by atoms with Crippen LogP contribution in [-0.2, 0) is 13.0 Å². The monoisotopic (exact) mass is 417 g/mol. The molecule has 4 rings (SSSR count). The summed E-state index contributed by atoms with van der Waals surface area (Å²) in [5, 5.41) is 0.193. The van der Waals surface area contributed by atoms with Crippen molar-refractivity contribution >= 4 is 23.1 Å². The first-order valence-electron chi connectivity index (χ1n) is 10.8. The minimum atomic E-state index is -0.360. The van der Waals surface area contributed by atoms with Gasteiger partial charge in [0.05, 0.1) is 5.02 Å². The molecular formula is C23H29ClFN3O. The Morgan fingerprint density at radius 2 is 1.76 bits per heavy atom. The number of nitrogens with zero attached hydrogens (tertiary/aromatic N) is 3. The van der Waals surface area contributed by atoms with E-state index >= 15 is 0 Å². The van der Waals surface area contributed by atoms with Crippen LogP contribution in [-0.4, -0.2) is 48.0 Å². The van der Waals surface area contributed by atoms with E-state index in [0.717, 1.165) is 69.8 Å². The normalized spacial score (nSPS) is 17.6. The molecule has 29 heavy (non-hydrogen) atoms. The fourth-order valence-corrected chi connectivity index (χ4v) is 4.68. The van der Waals surface area contributed by atoms with E-state index in [1.807, 2.05) is 12.1 Å². The lowest BCUT2D eigenvalue weighted by molar-refractivity contribution is 0.0971. The van der Waals surface area contributed by atoms with Crippen LogP contribution in [0.4, 0.5) is 10.1 Å². The van der Waals surface area contributed by atoms with Crippen molar-refractivity contribution in [2.75, 3.05) is 37.6 Å². The molecule has 1 saturated heterocycles. The van der Waals surface area contributed by atoms with Gasteiger partial charge in [-0.1, -0.05) is 18.0 Å². The predicted octanol–water partition coefficient (Wildman–Crippen LogP) is 4.79. The first-order chi connectivity index (χ1) is 14.1. The lowest BCUT2D eigenvalue weighted by atomic mass is 9.97. The first-order valence-corrected chi connectivity index (χ1v) is 11.1. The molecule has 6 heteroatoms. The quantitative estimate of drug-likeness (QED) is 0.606. The Bertz CT molecular complexity index is 858. The number of benzene rings is 1. The van der Waals surface area contributed by atoms with Crippen molar-refractivity contribution < 1.29 is 9.18 Å². The lowest BCUT2D eigenvalue weighted by Crippen LogP contribution is -2.46. The Balaban J connectivity index is 1.15. The van der Waals surface area contributed by atoms with E-state index in [4.69, 9.17) is 11.6 Å². The summed E-state index contributed by atoms with van der Waals surface area (Å²) < 4.78 is 15.6. The average molecular weight is 418 g/mol. The topological polar surface area (TPSA) is 28.5 Å². The summed E-state index contributed by atoms with van der Waals surface area (Å²) in [6.07, 6.45) is 8.39. The third kappa shape index (κ3) is 4.84. The Morgan fingerprint density at radius 3 is 2.55 bits per heavy atom. The molecular weight excluding hydrogens is 389 g/mol. The van der Waals surface area contributed by atoms with E-state index < -0.39 is 0 Å². The molecule has 1 aliphatic carbocycles. The minimum Gasteiger partial charge on any atom is -0.369 e. The van der Waals surface area contributed by atoms with Crippen LogP contribution in [0, 0.1) is 5.82 Å². The number of hydrogen-bond donors (Lipinski definition) is 0. The van der Waals surface area contributed by atoms with Crippen molar-refractivity contribution in [3.05, 3.63) is 52.6 Å². The van der Waals surface area contributed by atoms with Crippen molar-refractivity contribution in [2.24, 2.45) is 0 Å². The number of fused-ring (bicyclic) bond motifs is 1. The number of Topliss-reactive ketones (excluding diaryl/α,β-unsaturated/α-hetero) is 1. The van der Waals surface area contributed by atoms with Crippen molar-refractivity contribution in [3.8, 4) is 0 Å². The molecule has 0 saturated carbocycles. The fourth-order valence-electron chi connectivity index (χ4n) is 4.50. The third-order valence-electron chi connectivity index (χ3n) is 6.21. The van der Waals surface area contributed by atoms with Gasteiger partial charge in [0.25, 0.3) is 0 Å². The predicted molar refractivity (Wildman–Crippen MR) is 116 cm³/mol. The van der Waals surface area contributed by atoms with Crippen LogP contribution < -0.4 is 4.90 Å². The molecule has 0 N–H and O–H groups in total. The Hall–Kier alpha value is -1.85. The van der Waals surface area contributed by atoms with Crippen molar-refractivity contribution in [1.29, 1.82) is 0 Å². The van der Waals surface area contributed by atoms with Crippen LogP contribution in [0.1, 0.15) is 48.2 Å². The van der Waals surface area contributed by atoms with E-state index in [0.29, 0.717) is 12.2 Å². The number of piperazine rings is 1. The van der Waals surface area contributed by atoms with E-state index in [1.54, 1.807) is 6.07 Å². The van der Waals surface area contributed by atoms with Crippen LogP contribution in [0.15, 0.2) is 30.5 Å². The zero-order valence-electron chi connectivity index (χ0n) is 16.9. The minimum absolute atomic E-state index is 0.193. The van der Waals surface area contributed by atoms with Crippen LogP contribution in [0.2, 0.25) is 5.02 Å². The molecule has 1 aromatic carbocycles. The molecule has 0 unspecified atom stereocenters. The van der Waals surface area contributed by atoms with Gasteiger partial charge in [0.15, 0.2) is 5.78 Å². The highest BCUT2D eigenvalue weighted by atomic mass is 35.5. The molecule has 0 radical (unpaired) electrons. The number of unbranched alkanes of at least 4 members (excludes halogenated alkanes) is 2. The summed E-state index contributed by atoms with van der Waals surface area (Å²) in [4.78, 5) is 16.7. The van der Waals surface area contributed by atoms with E-state index in [9.17, 15) is 9.18 Å². The highest BCUT2D eigenvalue weighted by Gasteiger charge is 2.20. The zero-order valence-corrected chi connectivity index (χ0v) is 17.6. The Labute approximate surface area is 177 Å². The van der Waals surface area contributed by atoms with E-state index in [2.05, 4.69) is 20.6 Å². The van der Waals surface area contributed by atoms with Gasteiger partial charge in [-0.15, -0.1) is 0 Å². The number of rotatable bonds is 7. The van der Waals surface area contributed by atoms with Gasteiger partial charge >= 0.3 is 0 Å². The third-order valence-corrected chi connectivity index (χ3v) is 6.50. The van der Waals surface area contributed by atoms with Crippen LogP contribution in [0.25, 0.3) is 0 Å². The van der Waals surface area contributed by atoms with Gasteiger partial charge in [-0.05, 0) is 56.5 Å².